The second-order valence-corrected chi connectivity index (χ2v) is 6.28. The Hall–Kier alpha value is -1.94. The van der Waals surface area contributed by atoms with Crippen molar-refractivity contribution < 1.29 is 0 Å². The number of fused-ring (bicyclic) bond motifs is 5. The fraction of sp³-hybridized carbons (Fsp3) is 0.188. The average molecular weight is 281 g/mol. The molecule has 0 saturated heterocycles. The van der Waals surface area contributed by atoms with E-state index in [0.29, 0.717) is 5.96 Å². The second-order valence-electron chi connectivity index (χ2n) is 5.20. The van der Waals surface area contributed by atoms with Gasteiger partial charge in [0.1, 0.15) is 0 Å². The number of hydrogen-bond acceptors (Lipinski definition) is 4. The van der Waals surface area contributed by atoms with Crippen LogP contribution in [-0.4, -0.2) is 12.5 Å². The molecule has 1 atom stereocenters. The minimum Gasteiger partial charge on any atom is -0.369 e. The van der Waals surface area contributed by atoms with Crippen LogP contribution in [0.4, 0.5) is 5.69 Å². The van der Waals surface area contributed by atoms with E-state index < -0.39 is 0 Å². The molecular formula is C16H15N3S. The van der Waals surface area contributed by atoms with Gasteiger partial charge in [0.05, 0.1) is 18.3 Å². The lowest BCUT2D eigenvalue weighted by Gasteiger charge is -2.26. The van der Waals surface area contributed by atoms with Crippen molar-refractivity contribution in [2.75, 3.05) is 11.4 Å². The zero-order valence-corrected chi connectivity index (χ0v) is 12.0. The molecule has 2 aliphatic rings. The number of benzene rings is 2. The SMILES string of the molecule is Cc1ccc2c(c1)N1C(N)=NCC1c1ccccc1S2. The van der Waals surface area contributed by atoms with Gasteiger partial charge in [0.25, 0.3) is 0 Å². The van der Waals surface area contributed by atoms with Crippen molar-refractivity contribution in [1.82, 2.24) is 0 Å². The predicted octanol–water partition coefficient (Wildman–Crippen LogP) is 3.34. The molecule has 2 N–H and O–H groups in total. The summed E-state index contributed by atoms with van der Waals surface area (Å²) in [6.45, 7) is 2.85. The van der Waals surface area contributed by atoms with Gasteiger partial charge in [-0.05, 0) is 36.2 Å². The maximum absolute atomic E-state index is 6.15. The van der Waals surface area contributed by atoms with Crippen LogP contribution in [0.1, 0.15) is 17.2 Å². The summed E-state index contributed by atoms with van der Waals surface area (Å²) in [7, 11) is 0. The first kappa shape index (κ1) is 11.9. The Labute approximate surface area is 122 Å². The number of rotatable bonds is 0. The van der Waals surface area contributed by atoms with E-state index >= 15 is 0 Å². The molecule has 20 heavy (non-hydrogen) atoms. The summed E-state index contributed by atoms with van der Waals surface area (Å²) < 4.78 is 0. The van der Waals surface area contributed by atoms with Crippen molar-refractivity contribution in [3.05, 3.63) is 53.6 Å². The highest BCUT2D eigenvalue weighted by Crippen LogP contribution is 2.47. The summed E-state index contributed by atoms with van der Waals surface area (Å²) in [5, 5.41) is 0. The van der Waals surface area contributed by atoms with Gasteiger partial charge in [-0.25, -0.2) is 0 Å². The Bertz CT molecular complexity index is 723. The summed E-state index contributed by atoms with van der Waals surface area (Å²) in [6, 6.07) is 15.3. The lowest BCUT2D eigenvalue weighted by molar-refractivity contribution is 0.753. The zero-order chi connectivity index (χ0) is 13.7. The number of anilines is 1. The van der Waals surface area contributed by atoms with Gasteiger partial charge in [-0.15, -0.1) is 0 Å². The van der Waals surface area contributed by atoms with E-state index in [-0.39, 0.29) is 6.04 Å². The van der Waals surface area contributed by atoms with E-state index in [9.17, 15) is 0 Å². The number of nitrogens with two attached hydrogens (primary N) is 1. The molecule has 0 aromatic heterocycles. The molecule has 0 aliphatic carbocycles. The minimum atomic E-state index is 0.224. The van der Waals surface area contributed by atoms with Crippen molar-refractivity contribution in [2.45, 2.75) is 22.8 Å². The maximum Gasteiger partial charge on any atom is 0.196 e. The molecule has 0 saturated carbocycles. The van der Waals surface area contributed by atoms with Gasteiger partial charge in [-0.3, -0.25) is 4.99 Å². The Morgan fingerprint density at radius 2 is 2.05 bits per heavy atom. The van der Waals surface area contributed by atoms with E-state index in [1.807, 2.05) is 11.8 Å². The van der Waals surface area contributed by atoms with Crippen LogP contribution in [-0.2, 0) is 0 Å². The molecule has 2 heterocycles. The van der Waals surface area contributed by atoms with Gasteiger partial charge < -0.3 is 10.6 Å². The van der Waals surface area contributed by atoms with Crippen molar-refractivity contribution in [3.8, 4) is 0 Å². The Kier molecular flexibility index (Phi) is 2.54. The normalized spacial score (nSPS) is 19.8. The lowest BCUT2D eigenvalue weighted by atomic mass is 10.1. The van der Waals surface area contributed by atoms with Gasteiger partial charge >= 0.3 is 0 Å². The van der Waals surface area contributed by atoms with E-state index in [4.69, 9.17) is 5.73 Å². The van der Waals surface area contributed by atoms with Crippen molar-refractivity contribution in [3.63, 3.8) is 0 Å². The van der Waals surface area contributed by atoms with Gasteiger partial charge in [0.2, 0.25) is 0 Å². The molecule has 0 spiro atoms. The van der Waals surface area contributed by atoms with Gasteiger partial charge in [0, 0.05) is 9.79 Å². The molecular weight excluding hydrogens is 266 g/mol. The number of nitrogens with zero attached hydrogens (tertiary/aromatic N) is 2. The minimum absolute atomic E-state index is 0.224. The Morgan fingerprint density at radius 3 is 2.95 bits per heavy atom. The molecule has 4 rings (SSSR count). The summed E-state index contributed by atoms with van der Waals surface area (Å²) in [5.74, 6) is 0.624. The summed E-state index contributed by atoms with van der Waals surface area (Å²) in [6.07, 6.45) is 0. The third-order valence-electron chi connectivity index (χ3n) is 3.86. The number of hydrogen-bond donors (Lipinski definition) is 1. The van der Waals surface area contributed by atoms with E-state index in [1.54, 1.807) is 0 Å². The molecule has 0 radical (unpaired) electrons. The third-order valence-corrected chi connectivity index (χ3v) is 5.01. The van der Waals surface area contributed by atoms with Gasteiger partial charge in [-0.1, -0.05) is 36.0 Å². The molecule has 0 bridgehead atoms. The van der Waals surface area contributed by atoms with Crippen molar-refractivity contribution in [2.24, 2.45) is 10.7 Å². The molecule has 0 amide bonds. The fourth-order valence-corrected chi connectivity index (χ4v) is 4.00. The highest BCUT2D eigenvalue weighted by molar-refractivity contribution is 7.99. The molecule has 2 aromatic carbocycles. The predicted molar refractivity (Wildman–Crippen MR) is 83.5 cm³/mol. The van der Waals surface area contributed by atoms with Gasteiger partial charge in [-0.2, -0.15) is 0 Å². The maximum atomic E-state index is 6.15. The van der Waals surface area contributed by atoms with E-state index in [2.05, 4.69) is 59.3 Å². The van der Waals surface area contributed by atoms with Crippen LogP contribution in [0.2, 0.25) is 0 Å². The van der Waals surface area contributed by atoms with Crippen molar-refractivity contribution >= 4 is 23.4 Å². The monoisotopic (exact) mass is 281 g/mol. The highest BCUT2D eigenvalue weighted by atomic mass is 32.2. The molecule has 4 heteroatoms. The standard InChI is InChI=1S/C16H15N3S/c1-10-6-7-15-12(8-10)19-13(9-18-16(19)17)11-4-2-3-5-14(11)20-15/h2-8,13H,9H2,1H3,(H2,17,18). The smallest absolute Gasteiger partial charge is 0.196 e. The van der Waals surface area contributed by atoms with Crippen LogP contribution in [0.5, 0.6) is 0 Å². The van der Waals surface area contributed by atoms with E-state index in [1.165, 1.54) is 26.6 Å². The average Bonchev–Trinajstić information content (AvgIpc) is 2.76. The molecule has 100 valence electrons. The number of aliphatic imine (C=N–C) groups is 1. The summed E-state index contributed by atoms with van der Waals surface area (Å²) in [5.41, 5.74) is 9.88. The molecule has 0 fully saturated rings. The summed E-state index contributed by atoms with van der Waals surface area (Å²) >= 11 is 1.82. The van der Waals surface area contributed by atoms with Gasteiger partial charge in [0.15, 0.2) is 5.96 Å². The highest BCUT2D eigenvalue weighted by Gasteiger charge is 2.34. The summed E-state index contributed by atoms with van der Waals surface area (Å²) in [4.78, 5) is 9.18. The molecule has 3 nitrogen and oxygen atoms in total. The Morgan fingerprint density at radius 1 is 1.20 bits per heavy atom. The third kappa shape index (κ3) is 1.64. The van der Waals surface area contributed by atoms with Crippen molar-refractivity contribution in [1.29, 1.82) is 0 Å². The van der Waals surface area contributed by atoms with Crippen LogP contribution < -0.4 is 10.6 Å². The van der Waals surface area contributed by atoms with Crippen LogP contribution in [0.3, 0.4) is 0 Å². The number of aryl methyl sites for hydroxylation is 1. The quantitative estimate of drug-likeness (QED) is 0.805. The first-order valence-corrected chi connectivity index (χ1v) is 7.52. The number of guanidine groups is 1. The Balaban J connectivity index is 1.98. The van der Waals surface area contributed by atoms with Crippen LogP contribution in [0.25, 0.3) is 0 Å². The lowest BCUT2D eigenvalue weighted by Crippen LogP contribution is -2.36. The first-order valence-electron chi connectivity index (χ1n) is 6.70. The van der Waals surface area contributed by atoms with Crippen LogP contribution >= 0.6 is 11.8 Å². The molecule has 2 aliphatic heterocycles. The van der Waals surface area contributed by atoms with E-state index in [0.717, 1.165) is 6.54 Å². The second kappa shape index (κ2) is 4.28. The van der Waals surface area contributed by atoms with Crippen LogP contribution in [0, 0.1) is 6.92 Å². The first-order chi connectivity index (χ1) is 9.74. The fourth-order valence-electron chi connectivity index (χ4n) is 2.90. The molecule has 2 aromatic rings. The van der Waals surface area contributed by atoms with Crippen LogP contribution in [0.15, 0.2) is 57.2 Å². The molecule has 1 unspecified atom stereocenters. The zero-order valence-electron chi connectivity index (χ0n) is 11.2. The largest absolute Gasteiger partial charge is 0.369 e. The topological polar surface area (TPSA) is 41.6 Å².